The van der Waals surface area contributed by atoms with Gasteiger partial charge < -0.3 is 4.74 Å². The van der Waals surface area contributed by atoms with Crippen molar-refractivity contribution in [2.24, 2.45) is 0 Å². The van der Waals surface area contributed by atoms with E-state index in [4.69, 9.17) is 16.3 Å². The van der Waals surface area contributed by atoms with Crippen molar-refractivity contribution in [3.8, 4) is 17.3 Å². The molecule has 0 aliphatic carbocycles. The number of aryl methyl sites for hydroxylation is 2. The average Bonchev–Trinajstić information content (AvgIpc) is 2.33. The molecule has 2 rings (SSSR count). The summed E-state index contributed by atoms with van der Waals surface area (Å²) in [5.41, 5.74) is 2.31. The van der Waals surface area contributed by atoms with Gasteiger partial charge in [0.1, 0.15) is 5.82 Å². The van der Waals surface area contributed by atoms with E-state index in [0.29, 0.717) is 21.8 Å². The predicted octanol–water partition coefficient (Wildman–Crippen LogP) is 3.56. The molecule has 94 valence electrons. The number of hydrogen-bond donors (Lipinski definition) is 0. The van der Waals surface area contributed by atoms with Crippen LogP contribution in [0.2, 0.25) is 5.02 Å². The molecule has 0 atom stereocenters. The second-order valence-electron chi connectivity index (χ2n) is 3.96. The van der Waals surface area contributed by atoms with Gasteiger partial charge in [-0.2, -0.15) is 4.98 Å². The Kier molecular flexibility index (Phi) is 3.48. The van der Waals surface area contributed by atoms with Gasteiger partial charge in [0.2, 0.25) is 0 Å². The van der Waals surface area contributed by atoms with Gasteiger partial charge in [0.25, 0.3) is 0 Å². The molecule has 0 spiro atoms. The first-order valence-corrected chi connectivity index (χ1v) is 5.74. The molecule has 0 amide bonds. The van der Waals surface area contributed by atoms with Crippen LogP contribution in [0.25, 0.3) is 11.3 Å². The number of ether oxygens (including phenoxy) is 1. The monoisotopic (exact) mass is 266 g/mol. The molecule has 2 aromatic rings. The van der Waals surface area contributed by atoms with Crippen molar-refractivity contribution in [2.45, 2.75) is 13.8 Å². The third kappa shape index (κ3) is 2.43. The third-order valence-corrected chi connectivity index (χ3v) is 2.85. The zero-order valence-electron chi connectivity index (χ0n) is 10.3. The Bertz CT molecular complexity index is 602. The smallest absolute Gasteiger partial charge is 0.316 e. The molecule has 0 radical (unpaired) electrons. The molecular formula is C13H12ClFN2O. The van der Waals surface area contributed by atoms with Crippen LogP contribution in [0.4, 0.5) is 4.39 Å². The number of hydrogen-bond acceptors (Lipinski definition) is 3. The Morgan fingerprint density at radius 3 is 2.56 bits per heavy atom. The molecule has 0 N–H and O–H groups in total. The summed E-state index contributed by atoms with van der Waals surface area (Å²) in [5.74, 6) is -0.315. The predicted molar refractivity (Wildman–Crippen MR) is 68.5 cm³/mol. The van der Waals surface area contributed by atoms with Crippen molar-refractivity contribution in [2.75, 3.05) is 7.11 Å². The Hall–Kier alpha value is -1.68. The summed E-state index contributed by atoms with van der Waals surface area (Å²) < 4.78 is 18.6. The molecule has 1 aromatic heterocycles. The van der Waals surface area contributed by atoms with Crippen LogP contribution in [-0.4, -0.2) is 17.1 Å². The quantitative estimate of drug-likeness (QED) is 0.834. The standard InChI is InChI=1S/C13H12ClFN2O/c1-7-4-10(14)9(6-11(7)15)12-5-8(2)16-13(17-12)18-3/h4-6H,1-3H3. The van der Waals surface area contributed by atoms with Gasteiger partial charge >= 0.3 is 6.01 Å². The molecule has 0 aliphatic heterocycles. The summed E-state index contributed by atoms with van der Waals surface area (Å²) in [7, 11) is 1.48. The van der Waals surface area contributed by atoms with E-state index in [2.05, 4.69) is 9.97 Å². The normalized spacial score (nSPS) is 10.5. The summed E-state index contributed by atoms with van der Waals surface area (Å²) in [5, 5.41) is 0.453. The summed E-state index contributed by atoms with van der Waals surface area (Å²) >= 11 is 6.12. The third-order valence-electron chi connectivity index (χ3n) is 2.54. The van der Waals surface area contributed by atoms with Gasteiger partial charge in [-0.3, -0.25) is 0 Å². The van der Waals surface area contributed by atoms with Crippen molar-refractivity contribution in [3.05, 3.63) is 40.3 Å². The van der Waals surface area contributed by atoms with E-state index in [1.807, 2.05) is 6.92 Å². The molecule has 0 fully saturated rings. The van der Waals surface area contributed by atoms with E-state index in [-0.39, 0.29) is 11.8 Å². The molecule has 0 saturated carbocycles. The molecule has 1 heterocycles. The summed E-state index contributed by atoms with van der Waals surface area (Å²) in [4.78, 5) is 8.25. The lowest BCUT2D eigenvalue weighted by atomic mass is 10.1. The first-order chi connectivity index (χ1) is 8.51. The van der Waals surface area contributed by atoms with Crippen molar-refractivity contribution in [1.29, 1.82) is 0 Å². The van der Waals surface area contributed by atoms with Gasteiger partial charge in [-0.05, 0) is 37.6 Å². The maximum Gasteiger partial charge on any atom is 0.316 e. The van der Waals surface area contributed by atoms with Gasteiger partial charge in [0, 0.05) is 11.3 Å². The topological polar surface area (TPSA) is 35.0 Å². The van der Waals surface area contributed by atoms with Gasteiger partial charge in [0.05, 0.1) is 17.8 Å². The molecule has 0 aliphatic rings. The zero-order valence-corrected chi connectivity index (χ0v) is 11.0. The lowest BCUT2D eigenvalue weighted by Crippen LogP contribution is -1.97. The minimum atomic E-state index is -0.315. The van der Waals surface area contributed by atoms with Crippen LogP contribution >= 0.6 is 11.6 Å². The first-order valence-electron chi connectivity index (χ1n) is 5.37. The number of aromatic nitrogens is 2. The van der Waals surface area contributed by atoms with E-state index >= 15 is 0 Å². The fraction of sp³-hybridized carbons (Fsp3) is 0.231. The highest BCUT2D eigenvalue weighted by Gasteiger charge is 2.11. The lowest BCUT2D eigenvalue weighted by Gasteiger charge is -2.08. The second-order valence-corrected chi connectivity index (χ2v) is 4.37. The SMILES string of the molecule is COc1nc(C)cc(-c2cc(F)c(C)cc2Cl)n1. The van der Waals surface area contributed by atoms with E-state index in [0.717, 1.165) is 5.69 Å². The van der Waals surface area contributed by atoms with Crippen molar-refractivity contribution >= 4 is 11.6 Å². The number of halogens is 2. The minimum Gasteiger partial charge on any atom is -0.467 e. The second kappa shape index (κ2) is 4.90. The summed E-state index contributed by atoms with van der Waals surface area (Å²) in [6.07, 6.45) is 0. The van der Waals surface area contributed by atoms with Crippen LogP contribution in [0.5, 0.6) is 6.01 Å². The van der Waals surface area contributed by atoms with E-state index in [1.165, 1.54) is 13.2 Å². The highest BCUT2D eigenvalue weighted by molar-refractivity contribution is 6.33. The summed E-state index contributed by atoms with van der Waals surface area (Å²) in [6.45, 7) is 3.48. The highest BCUT2D eigenvalue weighted by Crippen LogP contribution is 2.30. The number of benzene rings is 1. The number of methoxy groups -OCH3 is 1. The zero-order chi connectivity index (χ0) is 13.3. The molecule has 1 aromatic carbocycles. The molecular weight excluding hydrogens is 255 g/mol. The molecule has 0 saturated heterocycles. The molecule has 0 unspecified atom stereocenters. The average molecular weight is 267 g/mol. The minimum absolute atomic E-state index is 0.238. The van der Waals surface area contributed by atoms with Crippen LogP contribution in [0.1, 0.15) is 11.3 Å². The van der Waals surface area contributed by atoms with Gasteiger partial charge in [-0.25, -0.2) is 9.37 Å². The van der Waals surface area contributed by atoms with E-state index < -0.39 is 0 Å². The largest absolute Gasteiger partial charge is 0.467 e. The van der Waals surface area contributed by atoms with Crippen LogP contribution in [-0.2, 0) is 0 Å². The van der Waals surface area contributed by atoms with Crippen LogP contribution in [0.15, 0.2) is 18.2 Å². The van der Waals surface area contributed by atoms with E-state index in [1.54, 1.807) is 19.1 Å². The first kappa shape index (κ1) is 12.8. The summed E-state index contributed by atoms with van der Waals surface area (Å²) in [6, 6.07) is 4.93. The number of nitrogens with zero attached hydrogens (tertiary/aromatic N) is 2. The van der Waals surface area contributed by atoms with Crippen molar-refractivity contribution in [1.82, 2.24) is 9.97 Å². The van der Waals surface area contributed by atoms with Crippen LogP contribution in [0, 0.1) is 19.7 Å². The van der Waals surface area contributed by atoms with Gasteiger partial charge in [0.15, 0.2) is 0 Å². The van der Waals surface area contributed by atoms with Crippen molar-refractivity contribution < 1.29 is 9.13 Å². The maximum atomic E-state index is 13.6. The maximum absolute atomic E-state index is 13.6. The highest BCUT2D eigenvalue weighted by atomic mass is 35.5. The molecule has 18 heavy (non-hydrogen) atoms. The van der Waals surface area contributed by atoms with Gasteiger partial charge in [-0.15, -0.1) is 0 Å². The Morgan fingerprint density at radius 2 is 1.89 bits per heavy atom. The number of rotatable bonds is 2. The molecule has 0 bridgehead atoms. The van der Waals surface area contributed by atoms with E-state index in [9.17, 15) is 4.39 Å². The van der Waals surface area contributed by atoms with Gasteiger partial charge in [-0.1, -0.05) is 11.6 Å². The Labute approximate surface area is 110 Å². The fourth-order valence-corrected chi connectivity index (χ4v) is 1.93. The molecule has 3 nitrogen and oxygen atoms in total. The Balaban J connectivity index is 2.61. The fourth-order valence-electron chi connectivity index (χ4n) is 1.61. The lowest BCUT2D eigenvalue weighted by molar-refractivity contribution is 0.379. The van der Waals surface area contributed by atoms with Crippen LogP contribution < -0.4 is 4.74 Å². The van der Waals surface area contributed by atoms with Crippen molar-refractivity contribution in [3.63, 3.8) is 0 Å². The molecule has 5 heteroatoms. The van der Waals surface area contributed by atoms with Crippen LogP contribution in [0.3, 0.4) is 0 Å². The Morgan fingerprint density at radius 1 is 1.17 bits per heavy atom.